The van der Waals surface area contributed by atoms with Crippen molar-refractivity contribution in [2.24, 2.45) is 0 Å². The van der Waals surface area contributed by atoms with E-state index in [1.165, 1.54) is 55.3 Å². The van der Waals surface area contributed by atoms with Crippen molar-refractivity contribution in [3.8, 4) is 16.8 Å². The van der Waals surface area contributed by atoms with Gasteiger partial charge in [0.15, 0.2) is 0 Å². The Bertz CT molecular complexity index is 1540. The molecule has 0 aliphatic carbocycles. The highest BCUT2D eigenvalue weighted by atomic mass is 15.0. The Morgan fingerprint density at radius 1 is 0.432 bits per heavy atom. The summed E-state index contributed by atoms with van der Waals surface area (Å²) in [4.78, 5) is 0. The van der Waals surface area contributed by atoms with Crippen LogP contribution in [0.1, 0.15) is 79.0 Å². The standard InChI is InChI=1S/C36H41N/c1-34(2,3)26-14-10-12-24(20-26)25-13-11-15-29(21-25)37-32-22-27(35(4,5)6)16-18-30(32)31-19-17-28(23-33(31)37)36(7,8)9/h10-23H,1-9H3. The largest absolute Gasteiger partial charge is 0.309 e. The minimum absolute atomic E-state index is 0.0846. The minimum atomic E-state index is 0.0846. The lowest BCUT2D eigenvalue weighted by Gasteiger charge is -2.21. The topological polar surface area (TPSA) is 4.93 Å². The molecule has 0 atom stereocenters. The van der Waals surface area contributed by atoms with Gasteiger partial charge in [-0.2, -0.15) is 0 Å². The number of fused-ring (bicyclic) bond motifs is 3. The van der Waals surface area contributed by atoms with Crippen LogP contribution in [0.2, 0.25) is 0 Å². The van der Waals surface area contributed by atoms with Gasteiger partial charge in [0.05, 0.1) is 11.0 Å². The molecular weight excluding hydrogens is 446 g/mol. The van der Waals surface area contributed by atoms with Crippen LogP contribution >= 0.6 is 0 Å². The predicted octanol–water partition coefficient (Wildman–Crippen LogP) is 10.3. The SMILES string of the molecule is CC(C)(C)c1cccc(-c2cccc(-n3c4cc(C(C)(C)C)ccc4c4ccc(C(C)(C)C)cc43)c2)c1. The highest BCUT2D eigenvalue weighted by Gasteiger charge is 2.21. The second kappa shape index (κ2) is 8.62. The van der Waals surface area contributed by atoms with Crippen molar-refractivity contribution in [2.75, 3.05) is 0 Å². The summed E-state index contributed by atoms with van der Waals surface area (Å²) < 4.78 is 2.48. The zero-order valence-corrected chi connectivity index (χ0v) is 24.0. The average Bonchev–Trinajstić information content (AvgIpc) is 3.15. The zero-order valence-electron chi connectivity index (χ0n) is 24.0. The molecular formula is C36H41N. The Kier molecular flexibility index (Phi) is 5.90. The number of benzene rings is 4. The van der Waals surface area contributed by atoms with E-state index >= 15 is 0 Å². The summed E-state index contributed by atoms with van der Waals surface area (Å²) in [7, 11) is 0. The van der Waals surface area contributed by atoms with Crippen LogP contribution in [0, 0.1) is 0 Å². The summed E-state index contributed by atoms with van der Waals surface area (Å²) in [5.41, 5.74) is 10.6. The summed E-state index contributed by atoms with van der Waals surface area (Å²) >= 11 is 0. The van der Waals surface area contributed by atoms with Crippen molar-refractivity contribution in [1.29, 1.82) is 0 Å². The lowest BCUT2D eigenvalue weighted by molar-refractivity contribution is 0.590. The van der Waals surface area contributed by atoms with Crippen LogP contribution in [-0.4, -0.2) is 4.57 Å². The van der Waals surface area contributed by atoms with Gasteiger partial charge >= 0.3 is 0 Å². The molecule has 0 N–H and O–H groups in total. The van der Waals surface area contributed by atoms with Crippen LogP contribution < -0.4 is 0 Å². The molecule has 0 amide bonds. The quantitative estimate of drug-likeness (QED) is 0.233. The van der Waals surface area contributed by atoms with E-state index in [0.29, 0.717) is 0 Å². The molecule has 4 aromatic carbocycles. The molecule has 5 aromatic rings. The summed E-state index contributed by atoms with van der Waals surface area (Å²) in [6, 6.07) is 32.1. The second-order valence-electron chi connectivity index (χ2n) is 13.7. The summed E-state index contributed by atoms with van der Waals surface area (Å²) in [6.45, 7) is 20.6. The first-order valence-electron chi connectivity index (χ1n) is 13.5. The third-order valence-corrected chi connectivity index (χ3v) is 7.67. The van der Waals surface area contributed by atoms with Crippen LogP contribution in [0.15, 0.2) is 84.9 Å². The predicted molar refractivity (Wildman–Crippen MR) is 162 cm³/mol. The van der Waals surface area contributed by atoms with Crippen molar-refractivity contribution in [3.05, 3.63) is 102 Å². The zero-order chi connectivity index (χ0) is 26.8. The molecule has 0 unspecified atom stereocenters. The molecule has 0 spiro atoms. The second-order valence-corrected chi connectivity index (χ2v) is 13.7. The van der Waals surface area contributed by atoms with Crippen LogP contribution in [0.5, 0.6) is 0 Å². The molecule has 0 aliphatic heterocycles. The first-order valence-corrected chi connectivity index (χ1v) is 13.5. The van der Waals surface area contributed by atoms with Gasteiger partial charge in [-0.3, -0.25) is 0 Å². The van der Waals surface area contributed by atoms with Gasteiger partial charge in [-0.15, -0.1) is 0 Å². The van der Waals surface area contributed by atoms with E-state index in [1.54, 1.807) is 0 Å². The number of nitrogens with zero attached hydrogens (tertiary/aromatic N) is 1. The molecule has 37 heavy (non-hydrogen) atoms. The van der Waals surface area contributed by atoms with E-state index in [1.807, 2.05) is 0 Å². The van der Waals surface area contributed by atoms with Crippen molar-refractivity contribution in [1.82, 2.24) is 4.57 Å². The maximum Gasteiger partial charge on any atom is 0.0544 e. The van der Waals surface area contributed by atoms with Gasteiger partial charge in [0.25, 0.3) is 0 Å². The normalized spacial score (nSPS) is 13.0. The maximum absolute atomic E-state index is 2.48. The Morgan fingerprint density at radius 2 is 0.865 bits per heavy atom. The van der Waals surface area contributed by atoms with E-state index in [2.05, 4.69) is 152 Å². The molecule has 1 heterocycles. The van der Waals surface area contributed by atoms with Crippen LogP contribution in [0.3, 0.4) is 0 Å². The fourth-order valence-corrected chi connectivity index (χ4v) is 5.22. The third-order valence-electron chi connectivity index (χ3n) is 7.67. The number of rotatable bonds is 2. The maximum atomic E-state index is 2.48. The van der Waals surface area contributed by atoms with Gasteiger partial charge in [-0.25, -0.2) is 0 Å². The van der Waals surface area contributed by atoms with Gasteiger partial charge < -0.3 is 4.57 Å². The van der Waals surface area contributed by atoms with E-state index in [9.17, 15) is 0 Å². The Hall–Kier alpha value is -3.32. The molecule has 1 nitrogen and oxygen atoms in total. The van der Waals surface area contributed by atoms with Gasteiger partial charge in [0.1, 0.15) is 0 Å². The van der Waals surface area contributed by atoms with Gasteiger partial charge in [-0.05, 0) is 68.3 Å². The van der Waals surface area contributed by atoms with Gasteiger partial charge in [0.2, 0.25) is 0 Å². The highest BCUT2D eigenvalue weighted by molar-refractivity contribution is 6.09. The van der Waals surface area contributed by atoms with Crippen molar-refractivity contribution in [3.63, 3.8) is 0 Å². The molecule has 1 heteroatoms. The molecule has 190 valence electrons. The monoisotopic (exact) mass is 487 g/mol. The molecule has 5 rings (SSSR count). The molecule has 0 aliphatic rings. The molecule has 1 aromatic heterocycles. The Balaban J connectivity index is 1.80. The number of hydrogen-bond acceptors (Lipinski definition) is 0. The van der Waals surface area contributed by atoms with Gasteiger partial charge in [0, 0.05) is 16.5 Å². The van der Waals surface area contributed by atoms with E-state index in [-0.39, 0.29) is 16.2 Å². The summed E-state index contributed by atoms with van der Waals surface area (Å²) in [5.74, 6) is 0. The third kappa shape index (κ3) is 4.73. The van der Waals surface area contributed by atoms with Crippen molar-refractivity contribution >= 4 is 21.8 Å². The highest BCUT2D eigenvalue weighted by Crippen LogP contribution is 2.38. The lowest BCUT2D eigenvalue weighted by atomic mass is 9.85. The average molecular weight is 488 g/mol. The van der Waals surface area contributed by atoms with Crippen molar-refractivity contribution < 1.29 is 0 Å². The minimum Gasteiger partial charge on any atom is -0.309 e. The lowest BCUT2D eigenvalue weighted by Crippen LogP contribution is -2.11. The fraction of sp³-hybridized carbons (Fsp3) is 0.333. The van der Waals surface area contributed by atoms with E-state index in [0.717, 1.165) is 0 Å². The van der Waals surface area contributed by atoms with Crippen LogP contribution in [0.25, 0.3) is 38.6 Å². The van der Waals surface area contributed by atoms with Gasteiger partial charge in [-0.1, -0.05) is 123 Å². The van der Waals surface area contributed by atoms with E-state index in [4.69, 9.17) is 0 Å². The first kappa shape index (κ1) is 25.3. The van der Waals surface area contributed by atoms with Crippen molar-refractivity contribution in [2.45, 2.75) is 78.6 Å². The first-order chi connectivity index (χ1) is 17.2. The molecule has 0 radical (unpaired) electrons. The molecule has 0 fully saturated rings. The smallest absolute Gasteiger partial charge is 0.0544 e. The molecule has 0 saturated heterocycles. The summed E-state index contributed by atoms with van der Waals surface area (Å²) in [5, 5.41) is 2.62. The summed E-state index contributed by atoms with van der Waals surface area (Å²) in [6.07, 6.45) is 0. The number of aromatic nitrogens is 1. The van der Waals surface area contributed by atoms with Crippen LogP contribution in [-0.2, 0) is 16.2 Å². The Morgan fingerprint density at radius 3 is 1.35 bits per heavy atom. The molecule has 0 bridgehead atoms. The number of hydrogen-bond donors (Lipinski definition) is 0. The fourth-order valence-electron chi connectivity index (χ4n) is 5.22. The van der Waals surface area contributed by atoms with E-state index < -0.39 is 0 Å². The van der Waals surface area contributed by atoms with Crippen LogP contribution in [0.4, 0.5) is 0 Å². The molecule has 0 saturated carbocycles. The Labute approximate surface area is 223 Å².